The number of anilines is 3. The Morgan fingerprint density at radius 2 is 1.89 bits per heavy atom. The van der Waals surface area contributed by atoms with Gasteiger partial charge in [0, 0.05) is 24.9 Å². The molecule has 0 aliphatic rings. The summed E-state index contributed by atoms with van der Waals surface area (Å²) in [6.45, 7) is 7.98. The van der Waals surface area contributed by atoms with Gasteiger partial charge in [-0.15, -0.1) is 0 Å². The van der Waals surface area contributed by atoms with Crippen molar-refractivity contribution in [3.63, 3.8) is 0 Å². The van der Waals surface area contributed by atoms with Crippen LogP contribution in [0.15, 0.2) is 0 Å². The molecule has 0 aliphatic carbocycles. The van der Waals surface area contributed by atoms with Crippen LogP contribution in [0.4, 0.5) is 17.8 Å². The minimum absolute atomic E-state index is 0.262. The van der Waals surface area contributed by atoms with Gasteiger partial charge >= 0.3 is 0 Å². The molecular weight excluding hydrogens is 260 g/mol. The van der Waals surface area contributed by atoms with E-state index in [1.54, 1.807) is 11.8 Å². The molecule has 108 valence electrons. The number of hydrogen-bond acceptors (Lipinski definition) is 7. The molecule has 1 heterocycles. The van der Waals surface area contributed by atoms with Crippen molar-refractivity contribution < 1.29 is 0 Å². The summed E-state index contributed by atoms with van der Waals surface area (Å²) in [5.41, 5.74) is 5.76. The van der Waals surface area contributed by atoms with Gasteiger partial charge in [0.05, 0.1) is 0 Å². The Morgan fingerprint density at radius 1 is 1.21 bits per heavy atom. The van der Waals surface area contributed by atoms with Gasteiger partial charge in [0.15, 0.2) is 0 Å². The maximum atomic E-state index is 5.76. The minimum Gasteiger partial charge on any atom is -0.368 e. The Bertz CT molecular complexity index is 382. The Balaban J connectivity index is 2.89. The standard InChI is InChI=1S/C12H24N6S/c1-5-9(8-19-4)14-11-15-10(13)16-12(17-11)18(6-2)7-3/h9H,5-8H2,1-4H3,(H3,13,14,15,16,17). The van der Waals surface area contributed by atoms with Gasteiger partial charge < -0.3 is 16.0 Å². The van der Waals surface area contributed by atoms with Crippen molar-refractivity contribution in [1.29, 1.82) is 0 Å². The van der Waals surface area contributed by atoms with Gasteiger partial charge in [0.25, 0.3) is 0 Å². The van der Waals surface area contributed by atoms with Crippen LogP contribution in [-0.2, 0) is 0 Å². The number of rotatable bonds is 8. The fraction of sp³-hybridized carbons (Fsp3) is 0.750. The topological polar surface area (TPSA) is 80.0 Å². The highest BCUT2D eigenvalue weighted by molar-refractivity contribution is 7.98. The molecular formula is C12H24N6S. The van der Waals surface area contributed by atoms with E-state index in [1.165, 1.54) is 0 Å². The Hall–Kier alpha value is -1.24. The second kappa shape index (κ2) is 8.04. The largest absolute Gasteiger partial charge is 0.368 e. The lowest BCUT2D eigenvalue weighted by atomic mass is 10.3. The summed E-state index contributed by atoms with van der Waals surface area (Å²) in [5.74, 6) is 2.48. The van der Waals surface area contributed by atoms with E-state index in [9.17, 15) is 0 Å². The first-order valence-electron chi connectivity index (χ1n) is 6.66. The SMILES string of the molecule is CCC(CSC)Nc1nc(N)nc(N(CC)CC)n1. The van der Waals surface area contributed by atoms with Crippen molar-refractivity contribution in [2.45, 2.75) is 33.2 Å². The third-order valence-corrected chi connectivity index (χ3v) is 3.62. The number of nitrogens with two attached hydrogens (primary N) is 1. The second-order valence-electron chi connectivity index (χ2n) is 4.19. The molecule has 0 fully saturated rings. The first-order chi connectivity index (χ1) is 9.14. The number of nitrogen functional groups attached to an aromatic ring is 1. The third-order valence-electron chi connectivity index (χ3n) is 2.88. The Kier molecular flexibility index (Phi) is 6.69. The molecule has 0 saturated heterocycles. The van der Waals surface area contributed by atoms with Gasteiger partial charge in [-0.1, -0.05) is 6.92 Å². The molecule has 0 spiro atoms. The maximum absolute atomic E-state index is 5.76. The van der Waals surface area contributed by atoms with E-state index in [4.69, 9.17) is 5.73 Å². The number of hydrogen-bond donors (Lipinski definition) is 2. The van der Waals surface area contributed by atoms with Gasteiger partial charge in [-0.2, -0.15) is 26.7 Å². The van der Waals surface area contributed by atoms with Gasteiger partial charge in [-0.25, -0.2) is 0 Å². The van der Waals surface area contributed by atoms with Crippen LogP contribution in [0.1, 0.15) is 27.2 Å². The molecule has 1 aromatic rings. The molecule has 6 nitrogen and oxygen atoms in total. The monoisotopic (exact) mass is 284 g/mol. The van der Waals surface area contributed by atoms with Crippen LogP contribution in [0, 0.1) is 0 Å². The Morgan fingerprint density at radius 3 is 2.42 bits per heavy atom. The van der Waals surface area contributed by atoms with Crippen molar-refractivity contribution in [2.24, 2.45) is 0 Å². The molecule has 0 bridgehead atoms. The fourth-order valence-electron chi connectivity index (χ4n) is 1.74. The normalized spacial score (nSPS) is 12.2. The molecule has 0 amide bonds. The summed E-state index contributed by atoms with van der Waals surface area (Å²) < 4.78 is 0. The van der Waals surface area contributed by atoms with Crippen LogP contribution in [-0.4, -0.2) is 46.1 Å². The van der Waals surface area contributed by atoms with E-state index in [0.717, 1.165) is 25.3 Å². The summed E-state index contributed by atoms with van der Waals surface area (Å²) in [6, 6.07) is 0.348. The molecule has 0 aliphatic heterocycles. The lowest BCUT2D eigenvalue weighted by Crippen LogP contribution is -2.27. The smallest absolute Gasteiger partial charge is 0.231 e. The molecule has 1 unspecified atom stereocenters. The van der Waals surface area contributed by atoms with Crippen molar-refractivity contribution >= 4 is 29.6 Å². The zero-order valence-corrected chi connectivity index (χ0v) is 13.0. The van der Waals surface area contributed by atoms with E-state index in [1.807, 2.05) is 0 Å². The number of nitrogens with zero attached hydrogens (tertiary/aromatic N) is 4. The van der Waals surface area contributed by atoms with Gasteiger partial charge in [-0.05, 0) is 26.5 Å². The Labute approximate surface area is 119 Å². The first kappa shape index (κ1) is 15.8. The predicted molar refractivity (Wildman–Crippen MR) is 83.9 cm³/mol. The minimum atomic E-state index is 0.262. The maximum Gasteiger partial charge on any atom is 0.231 e. The molecule has 1 aromatic heterocycles. The van der Waals surface area contributed by atoms with E-state index >= 15 is 0 Å². The average molecular weight is 284 g/mol. The van der Waals surface area contributed by atoms with Crippen molar-refractivity contribution in [3.8, 4) is 0 Å². The summed E-state index contributed by atoms with van der Waals surface area (Å²) in [5, 5.41) is 3.32. The second-order valence-corrected chi connectivity index (χ2v) is 5.11. The summed E-state index contributed by atoms with van der Waals surface area (Å²) in [7, 11) is 0. The molecule has 0 radical (unpaired) electrons. The summed E-state index contributed by atoms with van der Waals surface area (Å²) in [6.07, 6.45) is 3.11. The van der Waals surface area contributed by atoms with Crippen LogP contribution in [0.25, 0.3) is 0 Å². The highest BCUT2D eigenvalue weighted by Crippen LogP contribution is 2.14. The molecule has 1 rings (SSSR count). The summed E-state index contributed by atoms with van der Waals surface area (Å²) >= 11 is 1.80. The lowest BCUT2D eigenvalue weighted by molar-refractivity contribution is 0.755. The van der Waals surface area contributed by atoms with E-state index in [0.29, 0.717) is 17.9 Å². The fourth-order valence-corrected chi connectivity index (χ4v) is 2.46. The van der Waals surface area contributed by atoms with Crippen LogP contribution in [0.2, 0.25) is 0 Å². The molecule has 0 aromatic carbocycles. The van der Waals surface area contributed by atoms with Crippen molar-refractivity contribution in [1.82, 2.24) is 15.0 Å². The van der Waals surface area contributed by atoms with Crippen LogP contribution < -0.4 is 16.0 Å². The summed E-state index contributed by atoms with van der Waals surface area (Å²) in [4.78, 5) is 14.9. The zero-order valence-electron chi connectivity index (χ0n) is 12.2. The number of nitrogens with one attached hydrogen (secondary N) is 1. The van der Waals surface area contributed by atoms with E-state index in [-0.39, 0.29) is 5.95 Å². The van der Waals surface area contributed by atoms with Gasteiger partial charge in [-0.3, -0.25) is 0 Å². The first-order valence-corrected chi connectivity index (χ1v) is 8.05. The van der Waals surface area contributed by atoms with Crippen LogP contribution in [0.3, 0.4) is 0 Å². The molecule has 7 heteroatoms. The van der Waals surface area contributed by atoms with Gasteiger partial charge in [0.2, 0.25) is 17.8 Å². The molecule has 19 heavy (non-hydrogen) atoms. The van der Waals surface area contributed by atoms with Crippen molar-refractivity contribution in [3.05, 3.63) is 0 Å². The molecule has 1 atom stereocenters. The quantitative estimate of drug-likeness (QED) is 0.754. The number of aromatic nitrogens is 3. The average Bonchev–Trinajstić information content (AvgIpc) is 2.39. The highest BCUT2D eigenvalue weighted by Gasteiger charge is 2.12. The zero-order chi connectivity index (χ0) is 14.3. The predicted octanol–water partition coefficient (Wildman–Crippen LogP) is 1.85. The molecule has 3 N–H and O–H groups in total. The van der Waals surface area contributed by atoms with E-state index in [2.05, 4.69) is 52.2 Å². The van der Waals surface area contributed by atoms with E-state index < -0.39 is 0 Å². The highest BCUT2D eigenvalue weighted by atomic mass is 32.2. The lowest BCUT2D eigenvalue weighted by Gasteiger charge is -2.20. The number of thioether (sulfide) groups is 1. The third kappa shape index (κ3) is 4.74. The van der Waals surface area contributed by atoms with Crippen LogP contribution >= 0.6 is 11.8 Å². The van der Waals surface area contributed by atoms with Crippen molar-refractivity contribution in [2.75, 3.05) is 41.0 Å². The molecule has 0 saturated carbocycles. The van der Waals surface area contributed by atoms with Gasteiger partial charge in [0.1, 0.15) is 0 Å². The van der Waals surface area contributed by atoms with Crippen LogP contribution in [0.5, 0.6) is 0 Å².